The molecule has 2 rings (SSSR count). The van der Waals surface area contributed by atoms with Crippen LogP contribution in [0.2, 0.25) is 0 Å². The largest absolute Gasteiger partial charge is 0.478 e. The smallest absolute Gasteiger partial charge is 0.338 e. The Labute approximate surface area is 106 Å². The summed E-state index contributed by atoms with van der Waals surface area (Å²) >= 11 is 0. The van der Waals surface area contributed by atoms with E-state index < -0.39 is 5.97 Å². The van der Waals surface area contributed by atoms with Crippen molar-refractivity contribution in [1.82, 2.24) is 0 Å². The van der Waals surface area contributed by atoms with Crippen molar-refractivity contribution in [2.24, 2.45) is 0 Å². The standard InChI is InChI=1S/C15H17NO2/c1-2-3-10-16-13-9-8-11-6-4-5-7-12(11)14(13)15(17)18/h4-9,16H,2-3,10H2,1H3,(H,17,18). The summed E-state index contributed by atoms with van der Waals surface area (Å²) in [6, 6.07) is 11.4. The van der Waals surface area contributed by atoms with Crippen molar-refractivity contribution < 1.29 is 9.90 Å². The van der Waals surface area contributed by atoms with E-state index in [1.807, 2.05) is 36.4 Å². The van der Waals surface area contributed by atoms with E-state index >= 15 is 0 Å². The number of benzene rings is 2. The number of carboxylic acid groups (broad SMARTS) is 1. The van der Waals surface area contributed by atoms with Crippen LogP contribution in [0.4, 0.5) is 5.69 Å². The molecule has 3 heteroatoms. The highest BCUT2D eigenvalue weighted by Crippen LogP contribution is 2.26. The first-order valence-electron chi connectivity index (χ1n) is 6.23. The van der Waals surface area contributed by atoms with E-state index in [2.05, 4.69) is 12.2 Å². The molecule has 2 aromatic carbocycles. The third kappa shape index (κ3) is 2.45. The van der Waals surface area contributed by atoms with Crippen molar-refractivity contribution in [3.8, 4) is 0 Å². The molecular weight excluding hydrogens is 226 g/mol. The van der Waals surface area contributed by atoms with E-state index in [4.69, 9.17) is 0 Å². The van der Waals surface area contributed by atoms with Crippen molar-refractivity contribution in [3.63, 3.8) is 0 Å². The highest BCUT2D eigenvalue weighted by molar-refractivity contribution is 6.08. The van der Waals surface area contributed by atoms with E-state index in [0.29, 0.717) is 11.3 Å². The number of carboxylic acids is 1. The second-order valence-electron chi connectivity index (χ2n) is 4.29. The zero-order valence-corrected chi connectivity index (χ0v) is 10.4. The van der Waals surface area contributed by atoms with Crippen LogP contribution in [-0.4, -0.2) is 17.6 Å². The molecule has 0 fully saturated rings. The number of hydrogen-bond acceptors (Lipinski definition) is 2. The topological polar surface area (TPSA) is 49.3 Å². The monoisotopic (exact) mass is 243 g/mol. The lowest BCUT2D eigenvalue weighted by molar-refractivity contribution is 0.0700. The molecule has 0 aliphatic carbocycles. The summed E-state index contributed by atoms with van der Waals surface area (Å²) in [5.74, 6) is -0.884. The summed E-state index contributed by atoms with van der Waals surface area (Å²) in [5.41, 5.74) is 1.07. The lowest BCUT2D eigenvalue weighted by Crippen LogP contribution is -2.08. The van der Waals surface area contributed by atoms with Gasteiger partial charge in [0.1, 0.15) is 0 Å². The minimum absolute atomic E-state index is 0.365. The van der Waals surface area contributed by atoms with Gasteiger partial charge in [-0.3, -0.25) is 0 Å². The van der Waals surface area contributed by atoms with E-state index in [0.717, 1.165) is 30.2 Å². The van der Waals surface area contributed by atoms with Gasteiger partial charge in [-0.2, -0.15) is 0 Å². The molecule has 0 bridgehead atoms. The van der Waals surface area contributed by atoms with Crippen molar-refractivity contribution in [2.75, 3.05) is 11.9 Å². The Balaban J connectivity index is 2.46. The lowest BCUT2D eigenvalue weighted by atomic mass is 10.0. The van der Waals surface area contributed by atoms with Gasteiger partial charge >= 0.3 is 5.97 Å². The maximum atomic E-state index is 11.4. The van der Waals surface area contributed by atoms with Crippen LogP contribution in [0.15, 0.2) is 36.4 Å². The van der Waals surface area contributed by atoms with Crippen LogP contribution in [-0.2, 0) is 0 Å². The molecule has 0 aliphatic rings. The molecule has 0 spiro atoms. The van der Waals surface area contributed by atoms with Crippen LogP contribution < -0.4 is 5.32 Å². The minimum Gasteiger partial charge on any atom is -0.478 e. The Morgan fingerprint density at radius 3 is 2.72 bits per heavy atom. The summed E-state index contributed by atoms with van der Waals surface area (Å²) in [7, 11) is 0. The quantitative estimate of drug-likeness (QED) is 0.786. The lowest BCUT2D eigenvalue weighted by Gasteiger charge is -2.11. The minimum atomic E-state index is -0.884. The number of unbranched alkanes of at least 4 members (excludes halogenated alkanes) is 1. The Morgan fingerprint density at radius 2 is 2.00 bits per heavy atom. The fourth-order valence-corrected chi connectivity index (χ4v) is 2.05. The molecule has 0 saturated heterocycles. The molecule has 18 heavy (non-hydrogen) atoms. The van der Waals surface area contributed by atoms with Gasteiger partial charge in [0.05, 0.1) is 5.56 Å². The van der Waals surface area contributed by atoms with E-state index in [-0.39, 0.29) is 0 Å². The average Bonchev–Trinajstić information content (AvgIpc) is 2.38. The average molecular weight is 243 g/mol. The van der Waals surface area contributed by atoms with Crippen LogP contribution in [0.5, 0.6) is 0 Å². The first-order valence-corrected chi connectivity index (χ1v) is 6.23. The van der Waals surface area contributed by atoms with Crippen molar-refractivity contribution in [3.05, 3.63) is 42.0 Å². The molecule has 3 nitrogen and oxygen atoms in total. The van der Waals surface area contributed by atoms with Crippen LogP contribution in [0.25, 0.3) is 10.8 Å². The molecule has 0 aliphatic heterocycles. The van der Waals surface area contributed by atoms with Crippen molar-refractivity contribution in [1.29, 1.82) is 0 Å². The number of fused-ring (bicyclic) bond motifs is 1. The second-order valence-corrected chi connectivity index (χ2v) is 4.29. The van der Waals surface area contributed by atoms with Crippen LogP contribution in [0, 0.1) is 0 Å². The third-order valence-electron chi connectivity index (χ3n) is 2.99. The second kappa shape index (κ2) is 5.54. The highest BCUT2D eigenvalue weighted by Gasteiger charge is 2.13. The normalized spacial score (nSPS) is 10.5. The molecule has 0 radical (unpaired) electrons. The highest BCUT2D eigenvalue weighted by atomic mass is 16.4. The van der Waals surface area contributed by atoms with Crippen LogP contribution in [0.3, 0.4) is 0 Å². The van der Waals surface area contributed by atoms with Crippen LogP contribution in [0.1, 0.15) is 30.1 Å². The Morgan fingerprint density at radius 1 is 1.22 bits per heavy atom. The first-order chi connectivity index (χ1) is 8.74. The number of rotatable bonds is 5. The zero-order valence-electron chi connectivity index (χ0n) is 10.4. The third-order valence-corrected chi connectivity index (χ3v) is 2.99. The molecule has 2 aromatic rings. The van der Waals surface area contributed by atoms with Crippen molar-refractivity contribution in [2.45, 2.75) is 19.8 Å². The van der Waals surface area contributed by atoms with Crippen molar-refractivity contribution >= 4 is 22.4 Å². The first kappa shape index (κ1) is 12.4. The van der Waals surface area contributed by atoms with Gasteiger partial charge in [-0.25, -0.2) is 4.79 Å². The number of hydrogen-bond donors (Lipinski definition) is 2. The predicted octanol–water partition coefficient (Wildman–Crippen LogP) is 3.75. The van der Waals surface area contributed by atoms with E-state index in [1.165, 1.54) is 0 Å². The van der Waals surface area contributed by atoms with Gasteiger partial charge in [-0.1, -0.05) is 43.7 Å². The maximum Gasteiger partial charge on any atom is 0.338 e. The molecule has 0 aromatic heterocycles. The van der Waals surface area contributed by atoms with Gasteiger partial charge in [0.2, 0.25) is 0 Å². The zero-order chi connectivity index (χ0) is 13.0. The summed E-state index contributed by atoms with van der Waals surface area (Å²) in [6.45, 7) is 2.91. The summed E-state index contributed by atoms with van der Waals surface area (Å²) in [5, 5.41) is 14.3. The molecular formula is C15H17NO2. The molecule has 94 valence electrons. The number of nitrogens with one attached hydrogen (secondary N) is 1. The summed E-state index contributed by atoms with van der Waals surface area (Å²) in [6.07, 6.45) is 2.12. The van der Waals surface area contributed by atoms with Crippen LogP contribution >= 0.6 is 0 Å². The van der Waals surface area contributed by atoms with E-state index in [1.54, 1.807) is 0 Å². The molecule has 0 amide bonds. The maximum absolute atomic E-state index is 11.4. The molecule has 0 atom stereocenters. The van der Waals surface area contributed by atoms with Gasteiger partial charge in [0.15, 0.2) is 0 Å². The Kier molecular flexibility index (Phi) is 3.82. The molecule has 2 N–H and O–H groups in total. The fraction of sp³-hybridized carbons (Fsp3) is 0.267. The summed E-state index contributed by atoms with van der Waals surface area (Å²) < 4.78 is 0. The fourth-order valence-electron chi connectivity index (χ4n) is 2.05. The van der Waals surface area contributed by atoms with Gasteiger partial charge in [-0.05, 0) is 23.3 Å². The van der Waals surface area contributed by atoms with Gasteiger partial charge < -0.3 is 10.4 Å². The van der Waals surface area contributed by atoms with Gasteiger partial charge in [0, 0.05) is 12.2 Å². The number of aromatic carboxylic acids is 1. The molecule has 0 unspecified atom stereocenters. The number of anilines is 1. The van der Waals surface area contributed by atoms with E-state index in [9.17, 15) is 9.90 Å². The Bertz CT molecular complexity index is 563. The molecule has 0 saturated carbocycles. The summed E-state index contributed by atoms with van der Waals surface area (Å²) in [4.78, 5) is 11.4. The van der Waals surface area contributed by atoms with Gasteiger partial charge in [-0.15, -0.1) is 0 Å². The Hall–Kier alpha value is -2.03. The number of carbonyl (C=O) groups is 1. The predicted molar refractivity (Wildman–Crippen MR) is 74.3 cm³/mol. The SMILES string of the molecule is CCCCNc1ccc2ccccc2c1C(=O)O. The molecule has 0 heterocycles. The van der Waals surface area contributed by atoms with Gasteiger partial charge in [0.25, 0.3) is 0 Å².